The number of ketones is 1. The summed E-state index contributed by atoms with van der Waals surface area (Å²) in [7, 11) is 2.79. The molecule has 2 aromatic carbocycles. The van der Waals surface area contributed by atoms with Crippen LogP contribution in [0.1, 0.15) is 42.7 Å². The van der Waals surface area contributed by atoms with E-state index in [0.29, 0.717) is 35.2 Å². The second-order valence-electron chi connectivity index (χ2n) is 7.85. The Labute approximate surface area is 181 Å². The van der Waals surface area contributed by atoms with Gasteiger partial charge in [0.05, 0.1) is 19.8 Å². The monoisotopic (exact) mass is 419 g/mol. The molecule has 31 heavy (non-hydrogen) atoms. The van der Waals surface area contributed by atoms with Gasteiger partial charge in [-0.2, -0.15) is 0 Å². The Balaban J connectivity index is 1.84. The number of dihydropyridines is 1. The Morgan fingerprint density at radius 3 is 2.48 bits per heavy atom. The highest BCUT2D eigenvalue weighted by molar-refractivity contribution is 6.04. The van der Waals surface area contributed by atoms with Gasteiger partial charge in [-0.25, -0.2) is 4.79 Å². The van der Waals surface area contributed by atoms with Gasteiger partial charge in [-0.3, -0.25) is 4.79 Å². The Bertz CT molecular complexity index is 1100. The van der Waals surface area contributed by atoms with Gasteiger partial charge in [0.15, 0.2) is 17.3 Å². The summed E-state index contributed by atoms with van der Waals surface area (Å²) in [6.07, 6.45) is 1.03. The van der Waals surface area contributed by atoms with E-state index in [1.165, 1.54) is 20.3 Å². The van der Waals surface area contributed by atoms with Crippen molar-refractivity contribution in [3.05, 3.63) is 82.2 Å². The lowest BCUT2D eigenvalue weighted by Gasteiger charge is -2.36. The number of nitrogens with one attached hydrogen (secondary N) is 1. The van der Waals surface area contributed by atoms with Gasteiger partial charge < -0.3 is 19.9 Å². The first-order valence-corrected chi connectivity index (χ1v) is 10.2. The number of hydrogen-bond donors (Lipinski definition) is 2. The summed E-state index contributed by atoms with van der Waals surface area (Å²) in [5.41, 5.74) is 4.25. The zero-order valence-corrected chi connectivity index (χ0v) is 17.8. The van der Waals surface area contributed by atoms with Crippen molar-refractivity contribution in [3.8, 4) is 11.5 Å². The first kappa shape index (κ1) is 20.7. The Hall–Kier alpha value is -3.54. The van der Waals surface area contributed by atoms with E-state index in [1.807, 2.05) is 37.3 Å². The minimum atomic E-state index is -0.595. The van der Waals surface area contributed by atoms with E-state index in [2.05, 4.69) is 5.32 Å². The van der Waals surface area contributed by atoms with E-state index in [0.717, 1.165) is 11.3 Å². The molecule has 0 saturated carbocycles. The number of carbonyl (C=O) groups is 2. The van der Waals surface area contributed by atoms with Crippen LogP contribution in [0.3, 0.4) is 0 Å². The van der Waals surface area contributed by atoms with Crippen LogP contribution in [-0.4, -0.2) is 31.1 Å². The van der Waals surface area contributed by atoms with Gasteiger partial charge in [0.1, 0.15) is 0 Å². The number of methoxy groups -OCH3 is 2. The number of carbonyl (C=O) groups excluding carboxylic acids is 2. The predicted molar refractivity (Wildman–Crippen MR) is 116 cm³/mol. The Kier molecular flexibility index (Phi) is 5.55. The minimum Gasteiger partial charge on any atom is -0.504 e. The molecule has 160 valence electrons. The number of aromatic hydroxyl groups is 1. The van der Waals surface area contributed by atoms with E-state index in [-0.39, 0.29) is 23.2 Å². The van der Waals surface area contributed by atoms with Crippen LogP contribution in [0, 0.1) is 0 Å². The van der Waals surface area contributed by atoms with E-state index >= 15 is 0 Å². The minimum absolute atomic E-state index is 0.00572. The number of allylic oxidation sites excluding steroid dienone is 3. The molecule has 0 bridgehead atoms. The fourth-order valence-electron chi connectivity index (χ4n) is 4.59. The second-order valence-corrected chi connectivity index (χ2v) is 7.85. The van der Waals surface area contributed by atoms with Crippen LogP contribution in [0.4, 0.5) is 0 Å². The van der Waals surface area contributed by atoms with Crippen molar-refractivity contribution in [2.24, 2.45) is 0 Å². The molecule has 2 N–H and O–H groups in total. The number of phenols is 1. The molecule has 0 saturated heterocycles. The molecule has 1 aliphatic heterocycles. The summed E-state index contributed by atoms with van der Waals surface area (Å²) >= 11 is 0. The van der Waals surface area contributed by atoms with E-state index < -0.39 is 11.9 Å². The SMILES string of the molecule is COC(=O)C1=C(C)NC2=C(C(=O)C[C@@H](c3ccccc3)C2)[C@@H]1c1ccc(O)c(OC)c1. The summed E-state index contributed by atoms with van der Waals surface area (Å²) in [4.78, 5) is 26.1. The highest BCUT2D eigenvalue weighted by Gasteiger charge is 2.41. The van der Waals surface area contributed by atoms with Gasteiger partial charge >= 0.3 is 5.97 Å². The quantitative estimate of drug-likeness (QED) is 0.731. The molecule has 1 heterocycles. The van der Waals surface area contributed by atoms with Crippen molar-refractivity contribution >= 4 is 11.8 Å². The zero-order valence-electron chi connectivity index (χ0n) is 17.8. The fraction of sp³-hybridized carbons (Fsp3) is 0.280. The molecule has 6 nitrogen and oxygen atoms in total. The molecule has 6 heteroatoms. The summed E-state index contributed by atoms with van der Waals surface area (Å²) in [5.74, 6) is -0.746. The van der Waals surface area contributed by atoms with Crippen molar-refractivity contribution in [2.75, 3.05) is 14.2 Å². The summed E-state index contributed by atoms with van der Waals surface area (Å²) in [6, 6.07) is 14.9. The van der Waals surface area contributed by atoms with Crippen molar-refractivity contribution < 1.29 is 24.2 Å². The molecular formula is C25H25NO5. The number of phenolic OH excluding ortho intramolecular Hbond substituents is 1. The van der Waals surface area contributed by atoms with Crippen molar-refractivity contribution in [3.63, 3.8) is 0 Å². The van der Waals surface area contributed by atoms with Crippen LogP contribution >= 0.6 is 0 Å². The van der Waals surface area contributed by atoms with E-state index in [1.54, 1.807) is 12.1 Å². The zero-order chi connectivity index (χ0) is 22.1. The molecule has 2 aromatic rings. The van der Waals surface area contributed by atoms with Crippen LogP contribution in [0.25, 0.3) is 0 Å². The highest BCUT2D eigenvalue weighted by atomic mass is 16.5. The lowest BCUT2D eigenvalue weighted by Crippen LogP contribution is -2.36. The third-order valence-corrected chi connectivity index (χ3v) is 6.04. The number of Topliss-reactive ketones (excluding diaryl/α,β-unsaturated/α-hetero) is 1. The molecule has 0 radical (unpaired) electrons. The lowest BCUT2D eigenvalue weighted by atomic mass is 9.71. The molecule has 0 fully saturated rings. The number of benzene rings is 2. The van der Waals surface area contributed by atoms with Gasteiger partial charge in [-0.1, -0.05) is 36.4 Å². The average Bonchev–Trinajstić information content (AvgIpc) is 2.78. The molecule has 0 aromatic heterocycles. The fourth-order valence-corrected chi connectivity index (χ4v) is 4.59. The van der Waals surface area contributed by atoms with Crippen molar-refractivity contribution in [1.29, 1.82) is 0 Å². The molecule has 2 atom stereocenters. The largest absolute Gasteiger partial charge is 0.504 e. The normalized spacial score (nSPS) is 20.8. The second kappa shape index (κ2) is 8.30. The number of ether oxygens (including phenoxy) is 2. The van der Waals surface area contributed by atoms with Crippen LogP contribution < -0.4 is 10.1 Å². The predicted octanol–water partition coefficient (Wildman–Crippen LogP) is 3.94. The van der Waals surface area contributed by atoms with Gasteiger partial charge in [0.2, 0.25) is 0 Å². The summed E-state index contributed by atoms with van der Waals surface area (Å²) in [5, 5.41) is 13.3. The van der Waals surface area contributed by atoms with Gasteiger partial charge in [-0.15, -0.1) is 0 Å². The molecule has 0 spiro atoms. The number of esters is 1. The van der Waals surface area contributed by atoms with E-state index in [9.17, 15) is 14.7 Å². The standard InChI is InChI=1S/C25H25NO5/c1-14-22(25(29)31-3)23(16-9-10-19(27)21(13-16)30-2)24-18(26-14)11-17(12-20(24)28)15-7-5-4-6-8-15/h4-10,13,17,23,26-27H,11-12H2,1-3H3/t17-,23+/m0/s1. The first-order valence-electron chi connectivity index (χ1n) is 10.2. The topological polar surface area (TPSA) is 84.9 Å². The van der Waals surface area contributed by atoms with Crippen molar-refractivity contribution in [2.45, 2.75) is 31.6 Å². The first-order chi connectivity index (χ1) is 14.9. The lowest BCUT2D eigenvalue weighted by molar-refractivity contribution is -0.136. The number of rotatable bonds is 4. The van der Waals surface area contributed by atoms with Gasteiger partial charge in [0, 0.05) is 29.3 Å². The molecule has 4 rings (SSSR count). The Morgan fingerprint density at radius 1 is 1.06 bits per heavy atom. The third-order valence-electron chi connectivity index (χ3n) is 6.04. The Morgan fingerprint density at radius 2 is 1.81 bits per heavy atom. The summed E-state index contributed by atoms with van der Waals surface area (Å²) in [6.45, 7) is 1.82. The smallest absolute Gasteiger partial charge is 0.336 e. The molecule has 1 aliphatic carbocycles. The third kappa shape index (κ3) is 3.69. The maximum atomic E-state index is 13.4. The number of hydrogen-bond acceptors (Lipinski definition) is 6. The summed E-state index contributed by atoms with van der Waals surface area (Å²) < 4.78 is 10.3. The van der Waals surface area contributed by atoms with Crippen LogP contribution in [0.5, 0.6) is 11.5 Å². The van der Waals surface area contributed by atoms with Gasteiger partial charge in [0.25, 0.3) is 0 Å². The highest BCUT2D eigenvalue weighted by Crippen LogP contribution is 2.46. The molecule has 2 aliphatic rings. The molecular weight excluding hydrogens is 394 g/mol. The van der Waals surface area contributed by atoms with Gasteiger partial charge in [-0.05, 0) is 42.5 Å². The average molecular weight is 419 g/mol. The molecule has 0 unspecified atom stereocenters. The molecule has 0 amide bonds. The van der Waals surface area contributed by atoms with E-state index in [4.69, 9.17) is 9.47 Å². The van der Waals surface area contributed by atoms with Crippen molar-refractivity contribution in [1.82, 2.24) is 5.32 Å². The van der Waals surface area contributed by atoms with Crippen LogP contribution in [-0.2, 0) is 14.3 Å². The maximum absolute atomic E-state index is 13.4. The van der Waals surface area contributed by atoms with Crippen LogP contribution in [0.15, 0.2) is 71.1 Å². The maximum Gasteiger partial charge on any atom is 0.336 e. The van der Waals surface area contributed by atoms with Crippen LogP contribution in [0.2, 0.25) is 0 Å².